The van der Waals surface area contributed by atoms with Gasteiger partial charge in [-0.15, -0.1) is 0 Å². The summed E-state index contributed by atoms with van der Waals surface area (Å²) in [5.41, 5.74) is 2.15. The van der Waals surface area contributed by atoms with E-state index in [1.165, 1.54) is 4.90 Å². The summed E-state index contributed by atoms with van der Waals surface area (Å²) in [5.74, 6) is -0.758. The summed E-state index contributed by atoms with van der Waals surface area (Å²) in [7, 11) is -3.84. The van der Waals surface area contributed by atoms with Gasteiger partial charge >= 0.3 is 0 Å². The second-order valence-electron chi connectivity index (χ2n) is 9.38. The number of likely N-dealkylation sites (N-methyl/N-ethyl adjacent to an activating group) is 1. The van der Waals surface area contributed by atoms with Crippen LogP contribution < -0.4 is 9.62 Å². The van der Waals surface area contributed by atoms with Crippen molar-refractivity contribution in [3.63, 3.8) is 0 Å². The number of nitrogens with zero attached hydrogens (tertiary/aromatic N) is 2. The number of benzene rings is 4. The Morgan fingerprint density at radius 1 is 0.795 bits per heavy atom. The van der Waals surface area contributed by atoms with Crippen LogP contribution in [0.2, 0.25) is 0 Å². The molecule has 0 aliphatic rings. The highest BCUT2D eigenvalue weighted by atomic mass is 32.2. The largest absolute Gasteiger partial charge is 0.355 e. The maximum Gasteiger partial charge on any atom is 0.244 e. The number of sulfonamides is 1. The maximum atomic E-state index is 14.1. The molecule has 0 aliphatic carbocycles. The molecule has 7 nitrogen and oxygen atoms in total. The first-order valence-electron chi connectivity index (χ1n) is 12.9. The first kappa shape index (κ1) is 27.9. The van der Waals surface area contributed by atoms with Crippen molar-refractivity contribution in [3.05, 3.63) is 114 Å². The van der Waals surface area contributed by atoms with Crippen molar-refractivity contribution in [1.82, 2.24) is 10.2 Å². The minimum atomic E-state index is -3.84. The lowest BCUT2D eigenvalue weighted by molar-refractivity contribution is -0.140. The summed E-state index contributed by atoms with van der Waals surface area (Å²) >= 11 is 0. The Morgan fingerprint density at radius 2 is 1.38 bits per heavy atom. The van der Waals surface area contributed by atoms with Crippen molar-refractivity contribution in [2.24, 2.45) is 0 Å². The molecule has 0 spiro atoms. The molecule has 202 valence electrons. The zero-order chi connectivity index (χ0) is 27.8. The van der Waals surface area contributed by atoms with Crippen molar-refractivity contribution in [3.8, 4) is 0 Å². The lowest BCUT2D eigenvalue weighted by Crippen LogP contribution is -2.53. The molecule has 0 saturated heterocycles. The van der Waals surface area contributed by atoms with Gasteiger partial charge in [0.15, 0.2) is 0 Å². The molecule has 0 radical (unpaired) electrons. The van der Waals surface area contributed by atoms with Crippen molar-refractivity contribution in [1.29, 1.82) is 0 Å². The van der Waals surface area contributed by atoms with E-state index >= 15 is 0 Å². The summed E-state index contributed by atoms with van der Waals surface area (Å²) in [6, 6.07) is 30.9. The first-order chi connectivity index (χ1) is 18.8. The van der Waals surface area contributed by atoms with Crippen LogP contribution >= 0.6 is 0 Å². The standard InChI is InChI=1S/C31H33N3O4S/c1-3-32-31(36)29(21-24-13-6-4-7-14-24)33(22-25-15-8-5-9-16-25)30(35)23-34(39(2,37)38)28-20-12-18-26-17-10-11-19-27(26)28/h4-20,29H,3,21-23H2,1-2H3,(H,32,36). The van der Waals surface area contributed by atoms with Crippen LogP contribution in [0.4, 0.5) is 5.69 Å². The Hall–Kier alpha value is -4.17. The molecule has 1 N–H and O–H groups in total. The van der Waals surface area contributed by atoms with E-state index in [1.54, 1.807) is 12.1 Å². The summed E-state index contributed by atoms with van der Waals surface area (Å²) in [4.78, 5) is 29.0. The van der Waals surface area contributed by atoms with Gasteiger partial charge in [0.1, 0.15) is 12.6 Å². The molecule has 0 aromatic heterocycles. The molecule has 4 aromatic rings. The minimum absolute atomic E-state index is 0.154. The van der Waals surface area contributed by atoms with E-state index in [0.717, 1.165) is 32.5 Å². The SMILES string of the molecule is CCNC(=O)C(Cc1ccccc1)N(Cc1ccccc1)C(=O)CN(c1cccc2ccccc12)S(C)(=O)=O. The van der Waals surface area contributed by atoms with Crippen LogP contribution in [0.3, 0.4) is 0 Å². The van der Waals surface area contributed by atoms with Crippen molar-refractivity contribution < 1.29 is 18.0 Å². The quantitative estimate of drug-likeness (QED) is 0.304. The number of amides is 2. The van der Waals surface area contributed by atoms with Crippen LogP contribution in [0.15, 0.2) is 103 Å². The number of carbonyl (C=O) groups excluding carboxylic acids is 2. The average molecular weight is 544 g/mol. The molecule has 39 heavy (non-hydrogen) atoms. The molecular formula is C31H33N3O4S. The molecule has 4 aromatic carbocycles. The van der Waals surface area contributed by atoms with E-state index in [9.17, 15) is 18.0 Å². The second kappa shape index (κ2) is 12.6. The predicted octanol–water partition coefficient (Wildman–Crippen LogP) is 4.38. The van der Waals surface area contributed by atoms with Crippen LogP contribution in [-0.2, 0) is 32.6 Å². The van der Waals surface area contributed by atoms with Gasteiger partial charge < -0.3 is 10.2 Å². The average Bonchev–Trinajstić information content (AvgIpc) is 2.94. The lowest BCUT2D eigenvalue weighted by Gasteiger charge is -2.33. The van der Waals surface area contributed by atoms with Crippen LogP contribution in [0, 0.1) is 0 Å². The van der Waals surface area contributed by atoms with E-state index in [1.807, 2.05) is 97.9 Å². The zero-order valence-electron chi connectivity index (χ0n) is 22.2. The fourth-order valence-corrected chi connectivity index (χ4v) is 5.51. The number of fused-ring (bicyclic) bond motifs is 1. The van der Waals surface area contributed by atoms with Gasteiger partial charge in [-0.05, 0) is 29.5 Å². The summed E-state index contributed by atoms with van der Waals surface area (Å²) in [6.07, 6.45) is 1.38. The third-order valence-electron chi connectivity index (χ3n) is 6.53. The monoisotopic (exact) mass is 543 g/mol. The zero-order valence-corrected chi connectivity index (χ0v) is 23.0. The molecule has 0 aliphatic heterocycles. The second-order valence-corrected chi connectivity index (χ2v) is 11.3. The number of hydrogen-bond donors (Lipinski definition) is 1. The topological polar surface area (TPSA) is 86.8 Å². The fraction of sp³-hybridized carbons (Fsp3) is 0.226. The molecule has 2 amide bonds. The minimum Gasteiger partial charge on any atom is -0.355 e. The third kappa shape index (κ3) is 7.03. The highest BCUT2D eigenvalue weighted by molar-refractivity contribution is 7.92. The van der Waals surface area contributed by atoms with Crippen molar-refractivity contribution in [2.75, 3.05) is 23.7 Å². The van der Waals surface area contributed by atoms with Gasteiger partial charge in [-0.2, -0.15) is 0 Å². The van der Waals surface area contributed by atoms with E-state index < -0.39 is 28.5 Å². The Morgan fingerprint density at radius 3 is 2.03 bits per heavy atom. The van der Waals surface area contributed by atoms with E-state index in [0.29, 0.717) is 18.7 Å². The number of hydrogen-bond acceptors (Lipinski definition) is 4. The van der Waals surface area contributed by atoms with E-state index in [2.05, 4.69) is 5.32 Å². The molecule has 0 heterocycles. The Labute approximate surface area is 230 Å². The third-order valence-corrected chi connectivity index (χ3v) is 7.66. The van der Waals surface area contributed by atoms with E-state index in [4.69, 9.17) is 0 Å². The molecule has 8 heteroatoms. The first-order valence-corrected chi connectivity index (χ1v) is 14.7. The van der Waals surface area contributed by atoms with Crippen LogP contribution in [-0.4, -0.2) is 50.5 Å². The van der Waals surface area contributed by atoms with Gasteiger partial charge in [-0.1, -0.05) is 97.1 Å². The van der Waals surface area contributed by atoms with Gasteiger partial charge in [-0.3, -0.25) is 13.9 Å². The van der Waals surface area contributed by atoms with Crippen LogP contribution in [0.1, 0.15) is 18.1 Å². The van der Waals surface area contributed by atoms with Crippen LogP contribution in [0.25, 0.3) is 10.8 Å². The number of carbonyl (C=O) groups is 2. The summed E-state index contributed by atoms with van der Waals surface area (Å²) < 4.78 is 27.3. The Kier molecular flexibility index (Phi) is 8.99. The van der Waals surface area contributed by atoms with Gasteiger partial charge in [0, 0.05) is 24.9 Å². The highest BCUT2D eigenvalue weighted by Gasteiger charge is 2.33. The number of anilines is 1. The fourth-order valence-electron chi connectivity index (χ4n) is 4.65. The maximum absolute atomic E-state index is 14.1. The van der Waals surface area contributed by atoms with Gasteiger partial charge in [-0.25, -0.2) is 8.42 Å². The molecule has 0 fully saturated rings. The van der Waals surface area contributed by atoms with Crippen molar-refractivity contribution in [2.45, 2.75) is 25.9 Å². The molecule has 0 bridgehead atoms. The molecule has 4 rings (SSSR count). The van der Waals surface area contributed by atoms with E-state index in [-0.39, 0.29) is 12.5 Å². The van der Waals surface area contributed by atoms with Crippen LogP contribution in [0.5, 0.6) is 0 Å². The highest BCUT2D eigenvalue weighted by Crippen LogP contribution is 2.29. The number of rotatable bonds is 11. The lowest BCUT2D eigenvalue weighted by atomic mass is 10.0. The normalized spacial score (nSPS) is 12.1. The molecular weight excluding hydrogens is 510 g/mol. The molecule has 0 saturated carbocycles. The van der Waals surface area contributed by atoms with Crippen molar-refractivity contribution >= 4 is 38.3 Å². The molecule has 1 unspecified atom stereocenters. The smallest absolute Gasteiger partial charge is 0.244 e. The summed E-state index contributed by atoms with van der Waals surface area (Å²) in [5, 5.41) is 4.44. The van der Waals surface area contributed by atoms with Gasteiger partial charge in [0.25, 0.3) is 0 Å². The number of nitrogens with one attached hydrogen (secondary N) is 1. The molecule has 1 atom stereocenters. The van der Waals surface area contributed by atoms with Gasteiger partial charge in [0.2, 0.25) is 21.8 Å². The Bertz CT molecular complexity index is 1520. The Balaban J connectivity index is 1.76. The summed E-state index contributed by atoms with van der Waals surface area (Å²) in [6.45, 7) is 1.95. The van der Waals surface area contributed by atoms with Gasteiger partial charge in [0.05, 0.1) is 11.9 Å². The predicted molar refractivity (Wildman–Crippen MR) is 156 cm³/mol.